The van der Waals surface area contributed by atoms with Crippen LogP contribution in [0.5, 0.6) is 11.5 Å². The summed E-state index contributed by atoms with van der Waals surface area (Å²) in [6.07, 6.45) is 5.85. The number of nitrogens with zero attached hydrogens (tertiary/aromatic N) is 4. The molecule has 0 atom stereocenters. The molecule has 4 rings (SSSR count). The van der Waals surface area contributed by atoms with E-state index in [0.717, 1.165) is 10.6 Å². The molecular weight excluding hydrogens is 470 g/mol. The lowest BCUT2D eigenvalue weighted by Crippen LogP contribution is -2.32. The second kappa shape index (κ2) is 10.6. The third-order valence-corrected chi connectivity index (χ3v) is 5.27. The number of benzene rings is 2. The zero-order chi connectivity index (χ0) is 24.8. The highest BCUT2D eigenvalue weighted by atomic mass is 35.5. The molecule has 0 radical (unpaired) electrons. The molecule has 176 valence electrons. The van der Waals surface area contributed by atoms with Crippen molar-refractivity contribution in [3.8, 4) is 22.8 Å². The van der Waals surface area contributed by atoms with E-state index in [9.17, 15) is 9.59 Å². The molecule has 0 saturated carbocycles. The molecule has 2 aromatic carbocycles. The number of nitrogens with one attached hydrogen (secondary N) is 1. The highest BCUT2D eigenvalue weighted by Crippen LogP contribution is 2.28. The summed E-state index contributed by atoms with van der Waals surface area (Å²) < 4.78 is 10.5. The maximum absolute atomic E-state index is 13.4. The number of imide groups is 1. The number of hydrogen-bond donors (Lipinski definition) is 1. The first-order valence-electron chi connectivity index (χ1n) is 10.4. The van der Waals surface area contributed by atoms with Crippen molar-refractivity contribution in [3.05, 3.63) is 94.9 Å². The fourth-order valence-electron chi connectivity index (χ4n) is 3.29. The van der Waals surface area contributed by atoms with Gasteiger partial charge < -0.3 is 9.47 Å². The van der Waals surface area contributed by atoms with Crippen LogP contribution in [-0.2, 0) is 0 Å². The van der Waals surface area contributed by atoms with Gasteiger partial charge in [-0.25, -0.2) is 0 Å². The molecule has 0 saturated heterocycles. The normalized spacial score (nSPS) is 10.8. The molecular formula is C25H20ClN5O4. The lowest BCUT2D eigenvalue weighted by molar-refractivity contribution is 0.0621. The summed E-state index contributed by atoms with van der Waals surface area (Å²) in [5, 5.41) is 12.5. The monoisotopic (exact) mass is 489 g/mol. The first-order chi connectivity index (χ1) is 17.0. The molecule has 1 N–H and O–H groups in total. The van der Waals surface area contributed by atoms with Crippen molar-refractivity contribution < 1.29 is 19.1 Å². The smallest absolute Gasteiger partial charge is 0.281 e. The summed E-state index contributed by atoms with van der Waals surface area (Å²) in [5.74, 6) is -0.492. The van der Waals surface area contributed by atoms with Crippen LogP contribution in [0.3, 0.4) is 0 Å². The summed E-state index contributed by atoms with van der Waals surface area (Å²) >= 11 is 6.12. The predicted octanol–water partition coefficient (Wildman–Crippen LogP) is 4.46. The molecule has 0 aliphatic heterocycles. The Hall–Kier alpha value is -4.50. The Morgan fingerprint density at radius 3 is 2.43 bits per heavy atom. The van der Waals surface area contributed by atoms with Crippen LogP contribution < -0.4 is 9.47 Å². The molecule has 0 aliphatic rings. The van der Waals surface area contributed by atoms with Crippen molar-refractivity contribution in [3.63, 3.8) is 0 Å². The number of hydrogen-bond acceptors (Lipinski definition) is 7. The molecule has 2 heterocycles. The van der Waals surface area contributed by atoms with Gasteiger partial charge in [-0.3, -0.25) is 19.7 Å². The number of halogens is 1. The summed E-state index contributed by atoms with van der Waals surface area (Å²) in [4.78, 5) is 30.6. The number of carbonyl (C=O) groups excluding carboxylic acids is 2. The van der Waals surface area contributed by atoms with E-state index in [-0.39, 0.29) is 11.1 Å². The van der Waals surface area contributed by atoms with Gasteiger partial charge in [-0.15, -0.1) is 0 Å². The standard InChI is InChI=1S/C25H20ClN5O4/c1-34-21-7-6-18(13-22(21)35-2)25(33)31(24(32)16-8-10-27-11-9-16)29-15-19-14-28-30-23(19)17-4-3-5-20(26)12-17/h3-15H,1-2H3,(H,28,30)/b29-15+. The van der Waals surface area contributed by atoms with Gasteiger partial charge in [0.2, 0.25) is 0 Å². The SMILES string of the molecule is COc1ccc(C(=O)N(/N=C/c2cn[nH]c2-c2cccc(Cl)c2)C(=O)c2ccncc2)cc1OC. The van der Waals surface area contributed by atoms with Gasteiger partial charge in [0, 0.05) is 39.7 Å². The second-order valence-electron chi connectivity index (χ2n) is 7.18. The number of rotatable bonds is 7. The van der Waals surface area contributed by atoms with Gasteiger partial charge in [-0.2, -0.15) is 15.2 Å². The highest BCUT2D eigenvalue weighted by Gasteiger charge is 2.25. The summed E-state index contributed by atoms with van der Waals surface area (Å²) in [7, 11) is 2.95. The number of aromatic amines is 1. The Balaban J connectivity index is 1.73. The molecule has 2 aromatic heterocycles. The maximum atomic E-state index is 13.4. The van der Waals surface area contributed by atoms with E-state index in [1.807, 2.05) is 6.07 Å². The Morgan fingerprint density at radius 1 is 0.971 bits per heavy atom. The number of ether oxygens (including phenoxy) is 2. The Kier molecular flexibility index (Phi) is 7.18. The van der Waals surface area contributed by atoms with E-state index < -0.39 is 11.8 Å². The van der Waals surface area contributed by atoms with E-state index in [4.69, 9.17) is 21.1 Å². The van der Waals surface area contributed by atoms with Crippen molar-refractivity contribution in [2.24, 2.45) is 5.10 Å². The van der Waals surface area contributed by atoms with Crippen LogP contribution in [0, 0.1) is 0 Å². The van der Waals surface area contributed by atoms with Gasteiger partial charge >= 0.3 is 0 Å². The molecule has 0 fully saturated rings. The number of carbonyl (C=O) groups is 2. The number of amides is 2. The van der Waals surface area contributed by atoms with Crippen LogP contribution in [0.25, 0.3) is 11.3 Å². The van der Waals surface area contributed by atoms with Crippen LogP contribution >= 0.6 is 11.6 Å². The molecule has 35 heavy (non-hydrogen) atoms. The summed E-state index contributed by atoms with van der Waals surface area (Å²) in [5.41, 5.74) is 2.39. The maximum Gasteiger partial charge on any atom is 0.281 e. The van der Waals surface area contributed by atoms with Gasteiger partial charge in [0.05, 0.1) is 32.3 Å². The Bertz CT molecular complexity index is 1390. The van der Waals surface area contributed by atoms with E-state index in [2.05, 4.69) is 20.3 Å². The molecule has 0 bridgehead atoms. The van der Waals surface area contributed by atoms with Gasteiger partial charge in [0.25, 0.3) is 11.8 Å². The van der Waals surface area contributed by atoms with Crippen LogP contribution in [-0.4, -0.2) is 52.4 Å². The van der Waals surface area contributed by atoms with Gasteiger partial charge in [-0.1, -0.05) is 23.7 Å². The third-order valence-electron chi connectivity index (χ3n) is 5.04. The van der Waals surface area contributed by atoms with Crippen molar-refractivity contribution in [1.29, 1.82) is 0 Å². The fraction of sp³-hybridized carbons (Fsp3) is 0.0800. The second-order valence-corrected chi connectivity index (χ2v) is 7.62. The number of hydrazone groups is 1. The Morgan fingerprint density at radius 2 is 1.71 bits per heavy atom. The average Bonchev–Trinajstić information content (AvgIpc) is 3.37. The summed E-state index contributed by atoms with van der Waals surface area (Å²) in [6, 6.07) is 14.8. The third kappa shape index (κ3) is 5.20. The minimum absolute atomic E-state index is 0.185. The molecule has 0 spiro atoms. The molecule has 4 aromatic rings. The molecule has 0 unspecified atom stereocenters. The van der Waals surface area contributed by atoms with Gasteiger partial charge in [0.15, 0.2) is 11.5 Å². The van der Waals surface area contributed by atoms with E-state index in [0.29, 0.717) is 27.8 Å². The first kappa shape index (κ1) is 23.7. The number of methoxy groups -OCH3 is 2. The van der Waals surface area contributed by atoms with E-state index in [1.165, 1.54) is 63.3 Å². The van der Waals surface area contributed by atoms with Gasteiger partial charge in [-0.05, 0) is 42.5 Å². The number of pyridine rings is 1. The molecule has 9 nitrogen and oxygen atoms in total. The first-order valence-corrected chi connectivity index (χ1v) is 10.7. The van der Waals surface area contributed by atoms with Crippen LogP contribution in [0.15, 0.2) is 78.3 Å². The fourth-order valence-corrected chi connectivity index (χ4v) is 3.48. The van der Waals surface area contributed by atoms with Crippen molar-refractivity contribution in [2.45, 2.75) is 0 Å². The lowest BCUT2D eigenvalue weighted by Gasteiger charge is -2.16. The van der Waals surface area contributed by atoms with Crippen LogP contribution in [0.1, 0.15) is 26.3 Å². The van der Waals surface area contributed by atoms with Crippen molar-refractivity contribution in [1.82, 2.24) is 20.2 Å². The largest absolute Gasteiger partial charge is 0.493 e. The van der Waals surface area contributed by atoms with E-state index in [1.54, 1.807) is 24.3 Å². The molecule has 2 amide bonds. The minimum Gasteiger partial charge on any atom is -0.493 e. The number of aromatic nitrogens is 3. The predicted molar refractivity (Wildman–Crippen MR) is 131 cm³/mol. The highest BCUT2D eigenvalue weighted by molar-refractivity contribution is 6.30. The topological polar surface area (TPSA) is 110 Å². The Labute approximate surface area is 206 Å². The van der Waals surface area contributed by atoms with Crippen molar-refractivity contribution in [2.75, 3.05) is 14.2 Å². The average molecular weight is 490 g/mol. The number of H-pyrrole nitrogens is 1. The zero-order valence-corrected chi connectivity index (χ0v) is 19.6. The van der Waals surface area contributed by atoms with Crippen molar-refractivity contribution >= 4 is 29.6 Å². The van der Waals surface area contributed by atoms with Gasteiger partial charge in [0.1, 0.15) is 0 Å². The molecule has 10 heteroatoms. The van der Waals surface area contributed by atoms with Crippen LogP contribution in [0.2, 0.25) is 5.02 Å². The molecule has 0 aliphatic carbocycles. The lowest BCUT2D eigenvalue weighted by atomic mass is 10.1. The van der Waals surface area contributed by atoms with E-state index >= 15 is 0 Å². The zero-order valence-electron chi connectivity index (χ0n) is 18.8. The minimum atomic E-state index is -0.656. The van der Waals surface area contributed by atoms with Crippen LogP contribution in [0.4, 0.5) is 0 Å². The quantitative estimate of drug-likeness (QED) is 0.233. The summed E-state index contributed by atoms with van der Waals surface area (Å²) in [6.45, 7) is 0.